The van der Waals surface area contributed by atoms with Crippen LogP contribution < -0.4 is 4.90 Å². The number of benzene rings is 2. The van der Waals surface area contributed by atoms with Crippen LogP contribution in [0.1, 0.15) is 33.8 Å². The Balaban J connectivity index is 2.11. The van der Waals surface area contributed by atoms with Crippen LogP contribution >= 0.6 is 23.2 Å². The van der Waals surface area contributed by atoms with Gasteiger partial charge >= 0.3 is 0 Å². The second kappa shape index (κ2) is 5.94. The number of nitrogens with zero attached hydrogens (tertiary/aromatic N) is 1. The quantitative estimate of drug-likeness (QED) is 0.677. The zero-order valence-electron chi connectivity index (χ0n) is 12.5. The fourth-order valence-electron chi connectivity index (χ4n) is 2.91. The average molecular weight is 334 g/mol. The molecule has 1 aliphatic rings. The van der Waals surface area contributed by atoms with Gasteiger partial charge in [-0.15, -0.1) is 23.2 Å². The van der Waals surface area contributed by atoms with Crippen LogP contribution in [0.2, 0.25) is 0 Å². The number of fused-ring (bicyclic) bond motifs is 1. The van der Waals surface area contributed by atoms with Crippen LogP contribution in [0.3, 0.4) is 0 Å². The summed E-state index contributed by atoms with van der Waals surface area (Å²) in [5, 5.41) is -0.630. The molecule has 114 valence electrons. The highest BCUT2D eigenvalue weighted by molar-refractivity contribution is 6.32. The van der Waals surface area contributed by atoms with Crippen LogP contribution in [0.5, 0.6) is 0 Å². The van der Waals surface area contributed by atoms with E-state index in [1.165, 1.54) is 0 Å². The number of amides is 1. The maximum Gasteiger partial charge on any atom is 0.258 e. The van der Waals surface area contributed by atoms with Crippen LogP contribution in [0.15, 0.2) is 48.5 Å². The van der Waals surface area contributed by atoms with Gasteiger partial charge in [0.05, 0.1) is 16.8 Å². The molecule has 4 heteroatoms. The topological polar surface area (TPSA) is 20.3 Å². The number of alkyl halides is 2. The van der Waals surface area contributed by atoms with Gasteiger partial charge in [-0.1, -0.05) is 35.9 Å². The number of halogens is 2. The van der Waals surface area contributed by atoms with Gasteiger partial charge in [-0.3, -0.25) is 4.79 Å². The molecule has 0 aromatic heterocycles. The predicted molar refractivity (Wildman–Crippen MR) is 92.1 cm³/mol. The lowest BCUT2D eigenvalue weighted by Crippen LogP contribution is -2.48. The first kappa shape index (κ1) is 15.4. The Morgan fingerprint density at radius 1 is 1.09 bits per heavy atom. The molecule has 0 radical (unpaired) electrons. The molecule has 2 aromatic rings. The van der Waals surface area contributed by atoms with E-state index in [2.05, 4.69) is 0 Å². The fourth-order valence-corrected chi connectivity index (χ4v) is 3.54. The third-order valence-corrected chi connectivity index (χ3v) is 5.38. The molecule has 0 bridgehead atoms. The van der Waals surface area contributed by atoms with E-state index >= 15 is 0 Å². The van der Waals surface area contributed by atoms with Crippen LogP contribution in [-0.4, -0.2) is 17.3 Å². The minimum Gasteiger partial charge on any atom is -0.304 e. The highest BCUT2D eigenvalue weighted by Crippen LogP contribution is 2.44. The van der Waals surface area contributed by atoms with Crippen molar-refractivity contribution >= 4 is 34.8 Å². The summed E-state index contributed by atoms with van der Waals surface area (Å²) in [6, 6.07) is 15.0. The summed E-state index contributed by atoms with van der Waals surface area (Å²) in [5.74, 6) is -0.0487. The van der Waals surface area contributed by atoms with Gasteiger partial charge < -0.3 is 4.90 Å². The molecular weight excluding hydrogens is 317 g/mol. The van der Waals surface area contributed by atoms with Gasteiger partial charge in [0.25, 0.3) is 5.91 Å². The second-order valence-corrected chi connectivity index (χ2v) is 6.66. The summed E-state index contributed by atoms with van der Waals surface area (Å²) in [6.45, 7) is 3.95. The van der Waals surface area contributed by atoms with Crippen LogP contribution in [-0.2, 0) is 0 Å². The molecule has 22 heavy (non-hydrogen) atoms. The van der Waals surface area contributed by atoms with Gasteiger partial charge in [0.15, 0.2) is 0 Å². The van der Waals surface area contributed by atoms with Crippen LogP contribution in [0.25, 0.3) is 0 Å². The largest absolute Gasteiger partial charge is 0.304 e. The summed E-state index contributed by atoms with van der Waals surface area (Å²) >= 11 is 13.0. The van der Waals surface area contributed by atoms with Crippen molar-refractivity contribution in [2.75, 3.05) is 4.90 Å². The first-order chi connectivity index (χ1) is 10.5. The molecular formula is C18H17Cl2NO. The Kier molecular flexibility index (Phi) is 4.16. The Hall–Kier alpha value is -1.51. The van der Waals surface area contributed by atoms with Crippen molar-refractivity contribution in [3.8, 4) is 0 Å². The van der Waals surface area contributed by atoms with Crippen molar-refractivity contribution in [3.63, 3.8) is 0 Å². The Bertz CT molecular complexity index is 701. The Morgan fingerprint density at radius 3 is 2.45 bits per heavy atom. The second-order valence-electron chi connectivity index (χ2n) is 5.69. The van der Waals surface area contributed by atoms with Crippen molar-refractivity contribution in [2.45, 2.75) is 30.6 Å². The predicted octanol–water partition coefficient (Wildman–Crippen LogP) is 4.93. The van der Waals surface area contributed by atoms with E-state index in [-0.39, 0.29) is 22.7 Å². The molecule has 0 saturated carbocycles. The monoisotopic (exact) mass is 333 g/mol. The highest BCUT2D eigenvalue weighted by Gasteiger charge is 2.39. The molecule has 0 aliphatic carbocycles. The minimum atomic E-state index is -0.330. The van der Waals surface area contributed by atoms with Crippen molar-refractivity contribution in [3.05, 3.63) is 65.2 Å². The molecule has 3 rings (SSSR count). The van der Waals surface area contributed by atoms with Gasteiger partial charge in [0, 0.05) is 11.3 Å². The number of carbonyl (C=O) groups is 1. The molecule has 2 aromatic carbocycles. The fraction of sp³-hybridized carbons (Fsp3) is 0.278. The zero-order valence-corrected chi connectivity index (χ0v) is 14.0. The van der Waals surface area contributed by atoms with Crippen molar-refractivity contribution in [2.24, 2.45) is 0 Å². The normalized spacial score (nSPS) is 24.0. The number of hydrogen-bond acceptors (Lipinski definition) is 1. The third-order valence-electron chi connectivity index (χ3n) is 4.13. The standard InChI is InChI=1S/C18H17Cl2NO/c1-11-8-9-15-14(10-11)17(20)16(19)12(2)21(15)18(22)13-6-4-3-5-7-13/h3-10,12,16-17H,1-2H3/t12-,16-,17-/m1/s1. The zero-order chi connectivity index (χ0) is 15.9. The molecule has 0 saturated heterocycles. The smallest absolute Gasteiger partial charge is 0.258 e. The molecule has 0 unspecified atom stereocenters. The first-order valence-corrected chi connectivity index (χ1v) is 8.15. The molecule has 2 nitrogen and oxygen atoms in total. The number of rotatable bonds is 1. The lowest BCUT2D eigenvalue weighted by molar-refractivity contribution is 0.0975. The Morgan fingerprint density at radius 2 is 1.77 bits per heavy atom. The van der Waals surface area contributed by atoms with Gasteiger partial charge in [0.2, 0.25) is 0 Å². The SMILES string of the molecule is Cc1ccc2c(c1)[C@@H](Cl)[C@H](Cl)[C@@H](C)N2C(=O)c1ccccc1. The Labute approximate surface area is 140 Å². The number of hydrogen-bond donors (Lipinski definition) is 0. The number of carbonyl (C=O) groups excluding carboxylic acids is 1. The van der Waals surface area contributed by atoms with E-state index in [9.17, 15) is 4.79 Å². The summed E-state index contributed by atoms with van der Waals surface area (Å²) in [5.41, 5.74) is 3.53. The highest BCUT2D eigenvalue weighted by atomic mass is 35.5. The van der Waals surface area contributed by atoms with Gasteiger partial charge in [-0.2, -0.15) is 0 Å². The van der Waals surface area contributed by atoms with E-state index in [1.807, 2.05) is 62.4 Å². The molecule has 3 atom stereocenters. The average Bonchev–Trinajstić information content (AvgIpc) is 2.54. The van der Waals surface area contributed by atoms with E-state index in [0.29, 0.717) is 5.56 Å². The third kappa shape index (κ3) is 2.51. The van der Waals surface area contributed by atoms with Crippen molar-refractivity contribution in [1.29, 1.82) is 0 Å². The minimum absolute atomic E-state index is 0.0487. The van der Waals surface area contributed by atoms with E-state index < -0.39 is 0 Å². The maximum atomic E-state index is 12.9. The molecule has 0 spiro atoms. The van der Waals surface area contributed by atoms with Gasteiger partial charge in [-0.05, 0) is 37.6 Å². The molecule has 1 aliphatic heterocycles. The number of anilines is 1. The summed E-state index contributed by atoms with van der Waals surface area (Å²) in [6.07, 6.45) is 0. The lowest BCUT2D eigenvalue weighted by atomic mass is 9.93. The first-order valence-electron chi connectivity index (χ1n) is 7.28. The van der Waals surface area contributed by atoms with Gasteiger partial charge in [-0.25, -0.2) is 0 Å². The summed E-state index contributed by atoms with van der Waals surface area (Å²) in [4.78, 5) is 14.7. The molecule has 1 amide bonds. The molecule has 0 fully saturated rings. The summed E-state index contributed by atoms with van der Waals surface area (Å²) in [7, 11) is 0. The van der Waals surface area contributed by atoms with Crippen LogP contribution in [0.4, 0.5) is 5.69 Å². The number of aryl methyl sites for hydroxylation is 1. The summed E-state index contributed by atoms with van der Waals surface area (Å²) < 4.78 is 0. The van der Waals surface area contributed by atoms with E-state index in [0.717, 1.165) is 16.8 Å². The molecule has 1 heterocycles. The van der Waals surface area contributed by atoms with E-state index in [1.54, 1.807) is 4.90 Å². The molecule has 0 N–H and O–H groups in total. The van der Waals surface area contributed by atoms with E-state index in [4.69, 9.17) is 23.2 Å². The van der Waals surface area contributed by atoms with Crippen molar-refractivity contribution < 1.29 is 4.79 Å². The van der Waals surface area contributed by atoms with Crippen molar-refractivity contribution in [1.82, 2.24) is 0 Å². The lowest BCUT2D eigenvalue weighted by Gasteiger charge is -2.40. The van der Waals surface area contributed by atoms with Gasteiger partial charge in [0.1, 0.15) is 0 Å². The van der Waals surface area contributed by atoms with Crippen LogP contribution in [0, 0.1) is 6.92 Å². The maximum absolute atomic E-state index is 12.9.